The Morgan fingerprint density at radius 1 is 1.06 bits per heavy atom. The molecule has 0 aromatic carbocycles. The van der Waals surface area contributed by atoms with E-state index >= 15 is 0 Å². The van der Waals surface area contributed by atoms with Crippen LogP contribution in [0.4, 0.5) is 0 Å². The Kier molecular flexibility index (Phi) is 2.36. The summed E-state index contributed by atoms with van der Waals surface area (Å²) in [4.78, 5) is 4.99. The maximum absolute atomic E-state index is 4.99. The molecule has 0 radical (unpaired) electrons. The van der Waals surface area contributed by atoms with E-state index in [1.165, 1.54) is 43.5 Å². The second-order valence-corrected chi connectivity index (χ2v) is 6.82. The van der Waals surface area contributed by atoms with Crippen LogP contribution in [0.1, 0.15) is 74.5 Å². The van der Waals surface area contributed by atoms with E-state index in [2.05, 4.69) is 27.7 Å². The van der Waals surface area contributed by atoms with Crippen LogP contribution in [0.3, 0.4) is 0 Å². The molecule has 0 saturated carbocycles. The highest BCUT2D eigenvalue weighted by molar-refractivity contribution is 5.49. The summed E-state index contributed by atoms with van der Waals surface area (Å²) in [5.41, 5.74) is 7.99. The lowest BCUT2D eigenvalue weighted by Gasteiger charge is -2.26. The van der Waals surface area contributed by atoms with Gasteiger partial charge in [0.25, 0.3) is 0 Å². The third-order valence-electron chi connectivity index (χ3n) is 4.40. The van der Waals surface area contributed by atoms with Crippen LogP contribution in [-0.2, 0) is 24.7 Å². The number of hydrogen-bond donors (Lipinski definition) is 0. The lowest BCUT2D eigenvalue weighted by molar-refractivity contribution is 0.575. The van der Waals surface area contributed by atoms with Crippen LogP contribution in [0.5, 0.6) is 0 Å². The largest absolute Gasteiger partial charge is 0.257 e. The molecule has 0 unspecified atom stereocenters. The third kappa shape index (κ3) is 1.63. The van der Waals surface area contributed by atoms with E-state index in [1.54, 1.807) is 16.7 Å². The van der Waals surface area contributed by atoms with E-state index in [1.807, 2.05) is 0 Å². The fraction of sp³-hybridized carbons (Fsp3) is 0.688. The highest BCUT2D eigenvalue weighted by atomic mass is 14.8. The Balaban J connectivity index is 2.28. The summed E-state index contributed by atoms with van der Waals surface area (Å²) in [6, 6.07) is 0. The molecule has 1 aromatic rings. The Hall–Kier alpha value is -0.850. The van der Waals surface area contributed by atoms with Crippen molar-refractivity contribution >= 4 is 0 Å². The van der Waals surface area contributed by atoms with Crippen molar-refractivity contribution < 1.29 is 0 Å². The summed E-state index contributed by atoms with van der Waals surface area (Å²) >= 11 is 0. The molecule has 0 bridgehead atoms. The molecule has 1 atom stereocenters. The van der Waals surface area contributed by atoms with Crippen molar-refractivity contribution in [2.45, 2.75) is 71.1 Å². The first-order valence-corrected chi connectivity index (χ1v) is 7.03. The molecule has 0 saturated heterocycles. The molecule has 1 heterocycles. The van der Waals surface area contributed by atoms with Gasteiger partial charge in [0.15, 0.2) is 0 Å². The van der Waals surface area contributed by atoms with Gasteiger partial charge < -0.3 is 0 Å². The summed E-state index contributed by atoms with van der Waals surface area (Å²) < 4.78 is 0. The van der Waals surface area contributed by atoms with E-state index in [0.717, 1.165) is 0 Å². The second kappa shape index (κ2) is 3.57. The van der Waals surface area contributed by atoms with Crippen molar-refractivity contribution in [2.24, 2.45) is 0 Å². The average molecular weight is 229 g/mol. The van der Waals surface area contributed by atoms with E-state index in [0.29, 0.717) is 5.92 Å². The summed E-state index contributed by atoms with van der Waals surface area (Å²) in [6.07, 6.45) is 6.33. The van der Waals surface area contributed by atoms with Gasteiger partial charge in [-0.15, -0.1) is 0 Å². The zero-order valence-corrected chi connectivity index (χ0v) is 11.6. The van der Waals surface area contributed by atoms with Crippen molar-refractivity contribution in [1.29, 1.82) is 0 Å². The molecule has 1 nitrogen and oxygen atoms in total. The fourth-order valence-corrected chi connectivity index (χ4v) is 3.71. The highest BCUT2D eigenvalue weighted by Gasteiger charge is 2.33. The van der Waals surface area contributed by atoms with Crippen molar-refractivity contribution in [1.82, 2.24) is 4.98 Å². The van der Waals surface area contributed by atoms with E-state index < -0.39 is 0 Å². The molecular weight excluding hydrogens is 206 g/mol. The molecule has 2 aliphatic rings. The number of pyridine rings is 1. The van der Waals surface area contributed by atoms with Gasteiger partial charge in [0.05, 0.1) is 0 Å². The fourth-order valence-electron chi connectivity index (χ4n) is 3.71. The predicted molar refractivity (Wildman–Crippen MR) is 71.7 cm³/mol. The first kappa shape index (κ1) is 11.3. The lowest BCUT2D eigenvalue weighted by Crippen LogP contribution is -2.18. The van der Waals surface area contributed by atoms with Crippen molar-refractivity contribution in [3.8, 4) is 0 Å². The standard InChI is InChI=1S/C16H23N/c1-10-8-9-12-14(16(2,3)4)11-6-5-7-13(11)17-15(10)12/h10H,5-9H2,1-4H3/t10-/m0/s1. The molecule has 92 valence electrons. The quantitative estimate of drug-likeness (QED) is 0.657. The maximum atomic E-state index is 4.99. The molecule has 0 aliphatic heterocycles. The zero-order valence-electron chi connectivity index (χ0n) is 11.6. The van der Waals surface area contributed by atoms with Crippen LogP contribution >= 0.6 is 0 Å². The summed E-state index contributed by atoms with van der Waals surface area (Å²) in [6.45, 7) is 9.44. The molecule has 3 rings (SSSR count). The zero-order chi connectivity index (χ0) is 12.2. The van der Waals surface area contributed by atoms with Crippen LogP contribution in [0, 0.1) is 0 Å². The molecular formula is C16H23N. The third-order valence-corrected chi connectivity index (χ3v) is 4.40. The molecule has 1 heteroatoms. The van der Waals surface area contributed by atoms with Gasteiger partial charge >= 0.3 is 0 Å². The second-order valence-electron chi connectivity index (χ2n) is 6.82. The van der Waals surface area contributed by atoms with Crippen molar-refractivity contribution in [3.05, 3.63) is 28.1 Å². The normalized spacial score (nSPS) is 22.7. The van der Waals surface area contributed by atoms with E-state index in [-0.39, 0.29) is 5.41 Å². The lowest BCUT2D eigenvalue weighted by atomic mass is 9.80. The van der Waals surface area contributed by atoms with Gasteiger partial charge in [0.1, 0.15) is 0 Å². The van der Waals surface area contributed by atoms with Crippen molar-refractivity contribution in [2.75, 3.05) is 0 Å². The molecule has 0 N–H and O–H groups in total. The molecule has 1 aromatic heterocycles. The Morgan fingerprint density at radius 3 is 2.53 bits per heavy atom. The topological polar surface area (TPSA) is 12.9 Å². The monoisotopic (exact) mass is 229 g/mol. The minimum atomic E-state index is 0.283. The van der Waals surface area contributed by atoms with Gasteiger partial charge in [-0.25, -0.2) is 0 Å². The Labute approximate surface area is 105 Å². The number of nitrogens with zero attached hydrogens (tertiary/aromatic N) is 1. The maximum Gasteiger partial charge on any atom is 0.0470 e. The van der Waals surface area contributed by atoms with Crippen LogP contribution in [-0.4, -0.2) is 4.98 Å². The molecule has 0 fully saturated rings. The van der Waals surface area contributed by atoms with Gasteiger partial charge in [-0.05, 0) is 60.1 Å². The number of aromatic nitrogens is 1. The summed E-state index contributed by atoms with van der Waals surface area (Å²) in [7, 11) is 0. The van der Waals surface area contributed by atoms with Crippen LogP contribution in [0.2, 0.25) is 0 Å². The van der Waals surface area contributed by atoms with Gasteiger partial charge in [0.2, 0.25) is 0 Å². The van der Waals surface area contributed by atoms with Gasteiger partial charge in [0, 0.05) is 11.4 Å². The van der Waals surface area contributed by atoms with E-state index in [9.17, 15) is 0 Å². The Morgan fingerprint density at radius 2 is 1.82 bits per heavy atom. The first-order chi connectivity index (χ1) is 7.98. The predicted octanol–water partition coefficient (Wildman–Crippen LogP) is 3.92. The summed E-state index contributed by atoms with van der Waals surface area (Å²) in [5.74, 6) is 0.678. The minimum absolute atomic E-state index is 0.283. The molecule has 0 amide bonds. The van der Waals surface area contributed by atoms with Gasteiger partial charge in [-0.1, -0.05) is 27.7 Å². The van der Waals surface area contributed by atoms with Crippen molar-refractivity contribution in [3.63, 3.8) is 0 Å². The number of rotatable bonds is 0. The average Bonchev–Trinajstić information content (AvgIpc) is 2.81. The van der Waals surface area contributed by atoms with Gasteiger partial charge in [-0.3, -0.25) is 4.98 Å². The molecule has 17 heavy (non-hydrogen) atoms. The Bertz CT molecular complexity index is 465. The SMILES string of the molecule is C[C@H]1CCc2c1nc1c(c2C(C)(C)C)CCC1. The highest BCUT2D eigenvalue weighted by Crippen LogP contribution is 2.42. The van der Waals surface area contributed by atoms with Crippen LogP contribution < -0.4 is 0 Å². The minimum Gasteiger partial charge on any atom is -0.257 e. The number of aryl methyl sites for hydroxylation is 1. The van der Waals surface area contributed by atoms with Crippen LogP contribution in [0.15, 0.2) is 0 Å². The number of hydrogen-bond acceptors (Lipinski definition) is 1. The van der Waals surface area contributed by atoms with Crippen LogP contribution in [0.25, 0.3) is 0 Å². The van der Waals surface area contributed by atoms with Gasteiger partial charge in [-0.2, -0.15) is 0 Å². The summed E-state index contributed by atoms with van der Waals surface area (Å²) in [5, 5.41) is 0. The smallest absolute Gasteiger partial charge is 0.0470 e. The first-order valence-electron chi connectivity index (χ1n) is 7.03. The van der Waals surface area contributed by atoms with E-state index in [4.69, 9.17) is 4.98 Å². The number of fused-ring (bicyclic) bond motifs is 2. The molecule has 2 aliphatic carbocycles. The molecule has 0 spiro atoms.